The number of anilines is 1. The Balaban J connectivity index is 2.82. The van der Waals surface area contributed by atoms with E-state index in [-0.39, 0.29) is 5.69 Å². The summed E-state index contributed by atoms with van der Waals surface area (Å²) in [6.45, 7) is 7.79. The highest BCUT2D eigenvalue weighted by Crippen LogP contribution is 2.36. The van der Waals surface area contributed by atoms with Gasteiger partial charge in [0.15, 0.2) is 0 Å². The number of benzene rings is 1. The van der Waals surface area contributed by atoms with Gasteiger partial charge in [-0.3, -0.25) is 14.7 Å². The van der Waals surface area contributed by atoms with Gasteiger partial charge in [-0.25, -0.2) is 10.2 Å². The van der Waals surface area contributed by atoms with Gasteiger partial charge in [-0.2, -0.15) is 0 Å². The lowest BCUT2D eigenvalue weighted by molar-refractivity contribution is -0.384. The molecule has 0 aliphatic heterocycles. The Morgan fingerprint density at radius 1 is 1.15 bits per heavy atom. The molecule has 108 valence electrons. The second kappa shape index (κ2) is 7.59. The molecule has 0 amide bonds. The Bertz CT molecular complexity index is 514. The first-order valence-corrected chi connectivity index (χ1v) is 7.56. The number of hydrogen-bond acceptors (Lipinski definition) is 3. The molecule has 8 heteroatoms. The summed E-state index contributed by atoms with van der Waals surface area (Å²) in [7, 11) is -3.08. The van der Waals surface area contributed by atoms with Crippen molar-refractivity contribution >= 4 is 19.0 Å². The third-order valence-corrected chi connectivity index (χ3v) is 4.11. The first kappa shape index (κ1) is 16.1. The third kappa shape index (κ3) is 4.97. The summed E-state index contributed by atoms with van der Waals surface area (Å²) in [5.74, 6) is 0. The fourth-order valence-corrected chi connectivity index (χ4v) is 2.92. The molecule has 0 saturated carbocycles. The van der Waals surface area contributed by atoms with Gasteiger partial charge in [0.05, 0.1) is 4.92 Å². The molecule has 7 nitrogen and oxygen atoms in total. The van der Waals surface area contributed by atoms with E-state index in [1.54, 1.807) is 12.2 Å². The lowest BCUT2D eigenvalue weighted by Gasteiger charge is -2.21. The lowest BCUT2D eigenvalue weighted by Crippen LogP contribution is -2.27. The molecule has 0 saturated heterocycles. The summed E-state index contributed by atoms with van der Waals surface area (Å²) in [5.41, 5.74) is 0.482. The zero-order chi connectivity index (χ0) is 15.0. The smallest absolute Gasteiger partial charge is 0.303 e. The van der Waals surface area contributed by atoms with Crippen molar-refractivity contribution in [2.75, 3.05) is 18.2 Å². The molecule has 0 fully saturated rings. The molecule has 0 heterocycles. The molecule has 0 aromatic heterocycles. The highest BCUT2D eigenvalue weighted by molar-refractivity contribution is 7.61. The van der Waals surface area contributed by atoms with Gasteiger partial charge in [-0.05, 0) is 12.1 Å². The average Bonchev–Trinajstić information content (AvgIpc) is 2.44. The topological polar surface area (TPSA) is 96.3 Å². The van der Waals surface area contributed by atoms with Gasteiger partial charge in [0, 0.05) is 30.9 Å². The average molecular weight is 296 g/mol. The Hall–Kier alpha value is -1.95. The highest BCUT2D eigenvalue weighted by atomic mass is 31.2. The van der Waals surface area contributed by atoms with Crippen LogP contribution in [-0.4, -0.2) is 18.0 Å². The molecule has 0 atom stereocenters. The predicted octanol–water partition coefficient (Wildman–Crippen LogP) is 2.67. The SMILES string of the molecule is C=CCNP(=O)(NCC=C)Nc1ccc([N+](=O)[O-])cc1. The normalized spacial score (nSPS) is 10.8. The predicted molar refractivity (Wildman–Crippen MR) is 80.7 cm³/mol. The second-order valence-electron chi connectivity index (χ2n) is 3.83. The molecule has 0 spiro atoms. The first-order chi connectivity index (χ1) is 9.50. The molecular weight excluding hydrogens is 279 g/mol. The molecule has 0 bridgehead atoms. The summed E-state index contributed by atoms with van der Waals surface area (Å²) >= 11 is 0. The summed E-state index contributed by atoms with van der Waals surface area (Å²) < 4.78 is 12.6. The largest absolute Gasteiger partial charge is 0.313 e. The van der Waals surface area contributed by atoms with Gasteiger partial charge in [0.25, 0.3) is 5.69 Å². The zero-order valence-corrected chi connectivity index (χ0v) is 11.8. The van der Waals surface area contributed by atoms with E-state index in [1.165, 1.54) is 24.3 Å². The van der Waals surface area contributed by atoms with Crippen molar-refractivity contribution in [2.24, 2.45) is 0 Å². The Morgan fingerprint density at radius 3 is 2.05 bits per heavy atom. The van der Waals surface area contributed by atoms with Crippen LogP contribution >= 0.6 is 7.59 Å². The van der Waals surface area contributed by atoms with Crippen molar-refractivity contribution in [1.29, 1.82) is 0 Å². The van der Waals surface area contributed by atoms with E-state index < -0.39 is 12.5 Å². The summed E-state index contributed by atoms with van der Waals surface area (Å²) in [6, 6.07) is 5.67. The van der Waals surface area contributed by atoms with Gasteiger partial charge in [0.1, 0.15) is 0 Å². The summed E-state index contributed by atoms with van der Waals surface area (Å²) in [4.78, 5) is 10.1. The number of nitrogens with zero attached hydrogens (tertiary/aromatic N) is 1. The maximum Gasteiger partial charge on any atom is 0.303 e. The van der Waals surface area contributed by atoms with E-state index in [4.69, 9.17) is 0 Å². The van der Waals surface area contributed by atoms with Crippen LogP contribution in [0.4, 0.5) is 11.4 Å². The number of hydrogen-bond donors (Lipinski definition) is 3. The molecule has 0 radical (unpaired) electrons. The van der Waals surface area contributed by atoms with Crippen LogP contribution in [0, 0.1) is 10.1 Å². The fraction of sp³-hybridized carbons (Fsp3) is 0.167. The van der Waals surface area contributed by atoms with Crippen molar-refractivity contribution < 1.29 is 9.49 Å². The van der Waals surface area contributed by atoms with E-state index in [0.717, 1.165) is 0 Å². The Morgan fingerprint density at radius 2 is 1.65 bits per heavy atom. The third-order valence-electron chi connectivity index (χ3n) is 2.28. The van der Waals surface area contributed by atoms with Gasteiger partial charge in [-0.15, -0.1) is 13.2 Å². The maximum atomic E-state index is 12.6. The standard InChI is InChI=1S/C12H17N4O3P/c1-3-9-13-20(19,14-10-4-2)15-11-5-7-12(8-6-11)16(17)18/h3-8H,1-2,9-10H2,(H3,13,14,15,19). The maximum absolute atomic E-state index is 12.6. The Kier molecular flexibility index (Phi) is 6.11. The highest BCUT2D eigenvalue weighted by Gasteiger charge is 2.19. The zero-order valence-electron chi connectivity index (χ0n) is 10.9. The number of nitro groups is 1. The summed E-state index contributed by atoms with van der Waals surface area (Å²) in [6.07, 6.45) is 3.17. The van der Waals surface area contributed by atoms with Crippen LogP contribution in [0.2, 0.25) is 0 Å². The molecule has 3 N–H and O–H groups in total. The fourth-order valence-electron chi connectivity index (χ4n) is 1.36. The molecule has 0 aliphatic rings. The monoisotopic (exact) mass is 296 g/mol. The van der Waals surface area contributed by atoms with Gasteiger partial charge < -0.3 is 5.09 Å². The minimum absolute atomic E-state index is 0.0246. The van der Waals surface area contributed by atoms with E-state index in [9.17, 15) is 14.7 Å². The van der Waals surface area contributed by atoms with Crippen molar-refractivity contribution in [3.63, 3.8) is 0 Å². The second-order valence-corrected chi connectivity index (χ2v) is 5.90. The van der Waals surface area contributed by atoms with Crippen LogP contribution in [0.5, 0.6) is 0 Å². The minimum Gasteiger partial charge on any atom is -0.313 e. The van der Waals surface area contributed by atoms with Crippen molar-refractivity contribution in [1.82, 2.24) is 10.2 Å². The van der Waals surface area contributed by atoms with Crippen LogP contribution in [0.1, 0.15) is 0 Å². The van der Waals surface area contributed by atoms with Crippen molar-refractivity contribution in [3.05, 3.63) is 59.7 Å². The molecule has 0 aliphatic carbocycles. The molecule has 20 heavy (non-hydrogen) atoms. The minimum atomic E-state index is -3.08. The van der Waals surface area contributed by atoms with Gasteiger partial charge in [-0.1, -0.05) is 12.2 Å². The first-order valence-electron chi connectivity index (χ1n) is 5.85. The van der Waals surface area contributed by atoms with E-state index in [2.05, 4.69) is 28.4 Å². The van der Waals surface area contributed by atoms with E-state index in [1.807, 2.05) is 0 Å². The Labute approximate surface area is 117 Å². The van der Waals surface area contributed by atoms with Crippen LogP contribution in [0.25, 0.3) is 0 Å². The van der Waals surface area contributed by atoms with Gasteiger partial charge >= 0.3 is 7.59 Å². The van der Waals surface area contributed by atoms with Crippen molar-refractivity contribution in [3.8, 4) is 0 Å². The molecular formula is C12H17N4O3P. The van der Waals surface area contributed by atoms with Crippen molar-refractivity contribution in [2.45, 2.75) is 0 Å². The van der Waals surface area contributed by atoms with E-state index >= 15 is 0 Å². The number of nitro benzene ring substituents is 1. The van der Waals surface area contributed by atoms with Crippen LogP contribution < -0.4 is 15.3 Å². The molecule has 1 aromatic rings. The quantitative estimate of drug-likeness (QED) is 0.280. The lowest BCUT2D eigenvalue weighted by atomic mass is 10.3. The van der Waals surface area contributed by atoms with Gasteiger partial charge in [0.2, 0.25) is 0 Å². The van der Waals surface area contributed by atoms with E-state index in [0.29, 0.717) is 18.8 Å². The van der Waals surface area contributed by atoms with Crippen LogP contribution in [0.15, 0.2) is 49.6 Å². The van der Waals surface area contributed by atoms with Crippen LogP contribution in [0.3, 0.4) is 0 Å². The number of non-ortho nitro benzene ring substituents is 1. The van der Waals surface area contributed by atoms with Crippen LogP contribution in [-0.2, 0) is 4.57 Å². The number of nitrogens with one attached hydrogen (secondary N) is 3. The molecule has 1 rings (SSSR count). The number of rotatable bonds is 9. The molecule has 1 aromatic carbocycles. The summed E-state index contributed by atoms with van der Waals surface area (Å²) in [5, 5.41) is 19.0. The molecule has 0 unspecified atom stereocenters.